The molecule has 3 rings (SSSR count). The van der Waals surface area contributed by atoms with E-state index in [2.05, 4.69) is 10.3 Å². The lowest BCUT2D eigenvalue weighted by Crippen LogP contribution is -2.43. The van der Waals surface area contributed by atoms with E-state index in [1.807, 2.05) is 35.7 Å². The Morgan fingerprint density at radius 3 is 2.83 bits per heavy atom. The van der Waals surface area contributed by atoms with Gasteiger partial charge in [-0.15, -0.1) is 11.3 Å². The molecule has 0 radical (unpaired) electrons. The first-order valence-corrected chi connectivity index (χ1v) is 8.19. The van der Waals surface area contributed by atoms with Crippen molar-refractivity contribution in [3.63, 3.8) is 0 Å². The maximum absolute atomic E-state index is 12.4. The summed E-state index contributed by atoms with van der Waals surface area (Å²) in [4.78, 5) is 31.5. The zero-order valence-electron chi connectivity index (χ0n) is 13.0. The van der Waals surface area contributed by atoms with Crippen molar-refractivity contribution in [1.29, 1.82) is 0 Å². The highest BCUT2D eigenvalue weighted by Gasteiger charge is 2.33. The molecule has 1 aliphatic heterocycles. The molecule has 0 bridgehead atoms. The highest BCUT2D eigenvalue weighted by molar-refractivity contribution is 7.13. The number of nitrogens with zero attached hydrogens (tertiary/aromatic N) is 3. The van der Waals surface area contributed by atoms with Crippen molar-refractivity contribution in [3.05, 3.63) is 41.4 Å². The number of rotatable bonds is 4. The van der Waals surface area contributed by atoms with Crippen molar-refractivity contribution in [2.24, 2.45) is 0 Å². The summed E-state index contributed by atoms with van der Waals surface area (Å²) < 4.78 is 0. The molecule has 1 N–H and O–H groups in total. The SMILES string of the molecule is CN1C[C@@H](C(=O)N(C)Cc2csc(-c3ccccc3)n2)NC1=O. The predicted molar refractivity (Wildman–Crippen MR) is 89.0 cm³/mol. The summed E-state index contributed by atoms with van der Waals surface area (Å²) in [5, 5.41) is 5.58. The van der Waals surface area contributed by atoms with Gasteiger partial charge >= 0.3 is 6.03 Å². The van der Waals surface area contributed by atoms with Gasteiger partial charge < -0.3 is 15.1 Å². The Labute approximate surface area is 138 Å². The van der Waals surface area contributed by atoms with Crippen LogP contribution in [-0.4, -0.2) is 53.4 Å². The van der Waals surface area contributed by atoms with E-state index >= 15 is 0 Å². The Bertz CT molecular complexity index is 716. The largest absolute Gasteiger partial charge is 0.338 e. The van der Waals surface area contributed by atoms with Gasteiger partial charge in [-0.05, 0) is 0 Å². The number of carbonyl (C=O) groups is 2. The Morgan fingerprint density at radius 1 is 1.43 bits per heavy atom. The average Bonchev–Trinajstić information content (AvgIpc) is 3.15. The maximum atomic E-state index is 12.4. The molecule has 2 aromatic rings. The van der Waals surface area contributed by atoms with Crippen molar-refractivity contribution in [1.82, 2.24) is 20.1 Å². The Hall–Kier alpha value is -2.41. The lowest BCUT2D eigenvalue weighted by molar-refractivity contribution is -0.132. The first kappa shape index (κ1) is 15.5. The van der Waals surface area contributed by atoms with Gasteiger partial charge in [-0.2, -0.15) is 0 Å². The monoisotopic (exact) mass is 330 g/mol. The Morgan fingerprint density at radius 2 is 2.17 bits per heavy atom. The van der Waals surface area contributed by atoms with Crippen LogP contribution in [0.25, 0.3) is 10.6 Å². The second-order valence-corrected chi connectivity index (χ2v) is 6.45. The zero-order chi connectivity index (χ0) is 16.4. The minimum Gasteiger partial charge on any atom is -0.338 e. The van der Waals surface area contributed by atoms with Crippen LogP contribution in [0.1, 0.15) is 5.69 Å². The molecule has 7 heteroatoms. The number of thiazole rings is 1. The van der Waals surface area contributed by atoms with Gasteiger partial charge in [-0.3, -0.25) is 4.79 Å². The van der Waals surface area contributed by atoms with E-state index in [1.54, 1.807) is 30.3 Å². The van der Waals surface area contributed by atoms with Crippen LogP contribution >= 0.6 is 11.3 Å². The van der Waals surface area contributed by atoms with Gasteiger partial charge in [0.2, 0.25) is 5.91 Å². The summed E-state index contributed by atoms with van der Waals surface area (Å²) in [7, 11) is 3.41. The van der Waals surface area contributed by atoms with E-state index in [0.717, 1.165) is 16.3 Å². The molecule has 1 aromatic heterocycles. The lowest BCUT2D eigenvalue weighted by Gasteiger charge is -2.19. The summed E-state index contributed by atoms with van der Waals surface area (Å²) in [6.07, 6.45) is 0. The van der Waals surface area contributed by atoms with Gasteiger partial charge in [0.25, 0.3) is 0 Å². The van der Waals surface area contributed by atoms with Crippen LogP contribution in [0, 0.1) is 0 Å². The molecule has 2 heterocycles. The van der Waals surface area contributed by atoms with Crippen LogP contribution in [0.2, 0.25) is 0 Å². The second kappa shape index (κ2) is 6.37. The summed E-state index contributed by atoms with van der Waals surface area (Å²) in [5.41, 5.74) is 1.92. The third-order valence-electron chi connectivity index (χ3n) is 3.75. The highest BCUT2D eigenvalue weighted by Crippen LogP contribution is 2.23. The molecule has 0 unspecified atom stereocenters. The van der Waals surface area contributed by atoms with Crippen LogP contribution < -0.4 is 5.32 Å². The van der Waals surface area contributed by atoms with E-state index in [9.17, 15) is 9.59 Å². The number of benzene rings is 1. The predicted octanol–water partition coefficient (Wildman–Crippen LogP) is 1.79. The first-order chi connectivity index (χ1) is 11.0. The zero-order valence-corrected chi connectivity index (χ0v) is 13.8. The number of urea groups is 1. The fraction of sp³-hybridized carbons (Fsp3) is 0.312. The van der Waals surface area contributed by atoms with E-state index in [-0.39, 0.29) is 11.9 Å². The maximum Gasteiger partial charge on any atom is 0.317 e. The topological polar surface area (TPSA) is 65.5 Å². The average molecular weight is 330 g/mol. The number of aromatic nitrogens is 1. The van der Waals surface area contributed by atoms with Crippen LogP contribution in [0.15, 0.2) is 35.7 Å². The summed E-state index contributed by atoms with van der Waals surface area (Å²) >= 11 is 1.56. The smallest absolute Gasteiger partial charge is 0.317 e. The molecule has 3 amide bonds. The van der Waals surface area contributed by atoms with Crippen molar-refractivity contribution < 1.29 is 9.59 Å². The molecule has 1 aliphatic rings. The van der Waals surface area contributed by atoms with Crippen molar-refractivity contribution in [3.8, 4) is 10.6 Å². The number of hydrogen-bond acceptors (Lipinski definition) is 4. The van der Waals surface area contributed by atoms with E-state index in [4.69, 9.17) is 0 Å². The second-order valence-electron chi connectivity index (χ2n) is 5.59. The fourth-order valence-electron chi connectivity index (χ4n) is 2.48. The molecule has 0 spiro atoms. The van der Waals surface area contributed by atoms with Gasteiger partial charge in [0.1, 0.15) is 11.0 Å². The first-order valence-electron chi connectivity index (χ1n) is 7.31. The van der Waals surface area contributed by atoms with Gasteiger partial charge in [0.15, 0.2) is 0 Å². The molecular weight excluding hydrogens is 312 g/mol. The van der Waals surface area contributed by atoms with E-state index in [1.165, 1.54) is 4.90 Å². The number of likely N-dealkylation sites (N-methyl/N-ethyl adjacent to an activating group) is 2. The third-order valence-corrected chi connectivity index (χ3v) is 4.69. The Kier molecular flexibility index (Phi) is 4.29. The van der Waals surface area contributed by atoms with Gasteiger partial charge in [0.05, 0.1) is 18.8 Å². The van der Waals surface area contributed by atoms with E-state index < -0.39 is 6.04 Å². The molecule has 23 heavy (non-hydrogen) atoms. The lowest BCUT2D eigenvalue weighted by atomic mass is 10.2. The summed E-state index contributed by atoms with van der Waals surface area (Å²) in [5.74, 6) is -0.100. The molecule has 1 aromatic carbocycles. The van der Waals surface area contributed by atoms with Crippen molar-refractivity contribution in [2.45, 2.75) is 12.6 Å². The molecule has 6 nitrogen and oxygen atoms in total. The minimum atomic E-state index is -0.482. The van der Waals surface area contributed by atoms with Gasteiger partial charge in [0, 0.05) is 25.0 Å². The van der Waals surface area contributed by atoms with Crippen LogP contribution in [-0.2, 0) is 11.3 Å². The van der Waals surface area contributed by atoms with E-state index in [0.29, 0.717) is 13.1 Å². The molecule has 0 aliphatic carbocycles. The molecule has 1 fully saturated rings. The molecule has 1 saturated heterocycles. The van der Waals surface area contributed by atoms with Gasteiger partial charge in [-0.1, -0.05) is 30.3 Å². The Balaban J connectivity index is 1.64. The fourth-order valence-corrected chi connectivity index (χ4v) is 3.30. The summed E-state index contributed by atoms with van der Waals surface area (Å²) in [6.45, 7) is 0.826. The number of nitrogens with one attached hydrogen (secondary N) is 1. The molecule has 0 saturated carbocycles. The number of hydrogen-bond donors (Lipinski definition) is 1. The quantitative estimate of drug-likeness (QED) is 0.929. The number of carbonyl (C=O) groups excluding carboxylic acids is 2. The van der Waals surface area contributed by atoms with Crippen LogP contribution in [0.3, 0.4) is 0 Å². The third kappa shape index (κ3) is 3.34. The normalized spacial score (nSPS) is 17.2. The minimum absolute atomic E-state index is 0.100. The van der Waals surface area contributed by atoms with Crippen molar-refractivity contribution >= 4 is 23.3 Å². The highest BCUT2D eigenvalue weighted by atomic mass is 32.1. The van der Waals surface area contributed by atoms with Gasteiger partial charge in [-0.25, -0.2) is 9.78 Å². The standard InChI is InChI=1S/C16H18N4O2S/c1-19(15(21)13-9-20(2)16(22)18-13)8-12-10-23-14(17-12)11-6-4-3-5-7-11/h3-7,10,13H,8-9H2,1-2H3,(H,18,22)/t13-/m0/s1. The summed E-state index contributed by atoms with van der Waals surface area (Å²) in [6, 6.07) is 9.26. The van der Waals surface area contributed by atoms with Crippen LogP contribution in [0.4, 0.5) is 4.79 Å². The molecule has 1 atom stereocenters. The molecular formula is C16H18N4O2S. The molecule has 120 valence electrons. The number of amides is 3. The van der Waals surface area contributed by atoms with Crippen LogP contribution in [0.5, 0.6) is 0 Å². The van der Waals surface area contributed by atoms with Crippen molar-refractivity contribution in [2.75, 3.05) is 20.6 Å².